The maximum Gasteiger partial charge on any atom is 0.251 e. The lowest BCUT2D eigenvalue weighted by Gasteiger charge is -2.23. The second-order valence-electron chi connectivity index (χ2n) is 4.89. The average Bonchev–Trinajstić information content (AvgIpc) is 2.29. The number of hydrogen-bond donors (Lipinski definition) is 2. The molecule has 1 rings (SSSR count). The number of benzene rings is 1. The summed E-state index contributed by atoms with van der Waals surface area (Å²) in [4.78, 5) is 12.4. The summed E-state index contributed by atoms with van der Waals surface area (Å²) in [6, 6.07) is 5.48. The van der Waals surface area contributed by atoms with Crippen LogP contribution in [0.1, 0.15) is 29.8 Å². The number of aryl methyl sites for hydroxylation is 1. The van der Waals surface area contributed by atoms with Crippen molar-refractivity contribution in [3.05, 3.63) is 33.8 Å². The molecule has 0 aliphatic rings. The van der Waals surface area contributed by atoms with Crippen LogP contribution in [-0.2, 0) is 0 Å². The van der Waals surface area contributed by atoms with Crippen molar-refractivity contribution in [2.75, 3.05) is 6.54 Å². The Bertz CT molecular complexity index is 486. The summed E-state index contributed by atoms with van der Waals surface area (Å²) in [5.74, 6) is -0.116. The van der Waals surface area contributed by atoms with Gasteiger partial charge < -0.3 is 11.1 Å². The van der Waals surface area contributed by atoms with E-state index in [4.69, 9.17) is 18.0 Å². The Hall–Kier alpha value is -0.940. The number of carbonyl (C=O) groups is 1. The molecule has 0 unspecified atom stereocenters. The van der Waals surface area contributed by atoms with Crippen molar-refractivity contribution in [1.29, 1.82) is 0 Å². The van der Waals surface area contributed by atoms with Gasteiger partial charge in [0.1, 0.15) is 0 Å². The molecule has 0 bridgehead atoms. The third kappa shape index (κ3) is 3.78. The van der Waals surface area contributed by atoms with Crippen molar-refractivity contribution >= 4 is 39.0 Å². The Kier molecular flexibility index (Phi) is 4.87. The number of rotatable bonds is 4. The van der Waals surface area contributed by atoms with E-state index >= 15 is 0 Å². The van der Waals surface area contributed by atoms with E-state index in [2.05, 4.69) is 21.2 Å². The van der Waals surface area contributed by atoms with Gasteiger partial charge in [-0.25, -0.2) is 0 Å². The molecule has 0 saturated heterocycles. The Labute approximate surface area is 121 Å². The smallest absolute Gasteiger partial charge is 0.251 e. The second kappa shape index (κ2) is 5.80. The maximum atomic E-state index is 12.0. The largest absolute Gasteiger partial charge is 0.393 e. The van der Waals surface area contributed by atoms with Gasteiger partial charge in [0.25, 0.3) is 5.91 Å². The van der Waals surface area contributed by atoms with Gasteiger partial charge in [-0.2, -0.15) is 0 Å². The molecule has 0 atom stereocenters. The van der Waals surface area contributed by atoms with Crippen molar-refractivity contribution in [2.45, 2.75) is 20.8 Å². The Morgan fingerprint density at radius 2 is 2.11 bits per heavy atom. The predicted molar refractivity (Wildman–Crippen MR) is 81.8 cm³/mol. The molecule has 3 nitrogen and oxygen atoms in total. The molecule has 0 radical (unpaired) electrons. The molecule has 18 heavy (non-hydrogen) atoms. The summed E-state index contributed by atoms with van der Waals surface area (Å²) >= 11 is 8.36. The Morgan fingerprint density at radius 1 is 1.50 bits per heavy atom. The molecular weight excluding hydrogens is 312 g/mol. The van der Waals surface area contributed by atoms with Gasteiger partial charge in [0.15, 0.2) is 0 Å². The highest BCUT2D eigenvalue weighted by atomic mass is 79.9. The first-order valence-electron chi connectivity index (χ1n) is 5.58. The summed E-state index contributed by atoms with van der Waals surface area (Å²) in [7, 11) is 0. The molecule has 0 aromatic heterocycles. The van der Waals surface area contributed by atoms with E-state index < -0.39 is 0 Å². The van der Waals surface area contributed by atoms with E-state index in [-0.39, 0.29) is 11.3 Å². The third-order valence-electron chi connectivity index (χ3n) is 2.78. The molecule has 5 heteroatoms. The van der Waals surface area contributed by atoms with Crippen LogP contribution >= 0.6 is 28.1 Å². The minimum absolute atomic E-state index is 0.116. The molecule has 1 aromatic carbocycles. The lowest BCUT2D eigenvalue weighted by molar-refractivity contribution is 0.0945. The zero-order chi connectivity index (χ0) is 13.9. The minimum Gasteiger partial charge on any atom is -0.393 e. The van der Waals surface area contributed by atoms with Gasteiger partial charge in [-0.15, -0.1) is 0 Å². The first-order chi connectivity index (χ1) is 8.24. The van der Waals surface area contributed by atoms with E-state index in [0.29, 0.717) is 17.1 Å². The highest BCUT2D eigenvalue weighted by Crippen LogP contribution is 2.18. The SMILES string of the molecule is Cc1cc(C(=O)NCC(C)(C)C(N)=S)ccc1Br. The molecule has 0 fully saturated rings. The molecule has 1 aromatic rings. The topological polar surface area (TPSA) is 55.1 Å². The second-order valence-corrected chi connectivity index (χ2v) is 6.19. The number of halogens is 1. The van der Waals surface area contributed by atoms with Crippen molar-refractivity contribution < 1.29 is 4.79 Å². The van der Waals surface area contributed by atoms with E-state index in [1.165, 1.54) is 0 Å². The van der Waals surface area contributed by atoms with Crippen LogP contribution < -0.4 is 11.1 Å². The van der Waals surface area contributed by atoms with Crippen LogP contribution in [0.25, 0.3) is 0 Å². The molecule has 1 amide bonds. The van der Waals surface area contributed by atoms with Crippen LogP contribution in [0.2, 0.25) is 0 Å². The number of amides is 1. The van der Waals surface area contributed by atoms with Crippen LogP contribution in [0.5, 0.6) is 0 Å². The number of nitrogens with one attached hydrogen (secondary N) is 1. The maximum absolute atomic E-state index is 12.0. The Morgan fingerprint density at radius 3 is 2.61 bits per heavy atom. The molecule has 0 saturated carbocycles. The van der Waals surface area contributed by atoms with Gasteiger partial charge in [0.2, 0.25) is 0 Å². The minimum atomic E-state index is -0.380. The summed E-state index contributed by atoms with van der Waals surface area (Å²) < 4.78 is 0.988. The van der Waals surface area contributed by atoms with Crippen molar-refractivity contribution in [3.63, 3.8) is 0 Å². The zero-order valence-electron chi connectivity index (χ0n) is 10.7. The van der Waals surface area contributed by atoms with E-state index in [0.717, 1.165) is 10.0 Å². The summed E-state index contributed by atoms with van der Waals surface area (Å²) in [5.41, 5.74) is 6.89. The van der Waals surface area contributed by atoms with Crippen molar-refractivity contribution in [1.82, 2.24) is 5.32 Å². The van der Waals surface area contributed by atoms with Gasteiger partial charge in [-0.1, -0.05) is 42.0 Å². The highest BCUT2D eigenvalue weighted by molar-refractivity contribution is 9.10. The lowest BCUT2D eigenvalue weighted by Crippen LogP contribution is -2.41. The van der Waals surface area contributed by atoms with Gasteiger partial charge in [0.05, 0.1) is 4.99 Å². The third-order valence-corrected chi connectivity index (χ3v) is 4.22. The average molecular weight is 329 g/mol. The van der Waals surface area contributed by atoms with E-state index in [9.17, 15) is 4.79 Å². The van der Waals surface area contributed by atoms with Gasteiger partial charge >= 0.3 is 0 Å². The van der Waals surface area contributed by atoms with E-state index in [1.54, 1.807) is 6.07 Å². The van der Waals surface area contributed by atoms with Crippen molar-refractivity contribution in [3.8, 4) is 0 Å². The van der Waals surface area contributed by atoms with Crippen LogP contribution in [0.3, 0.4) is 0 Å². The van der Waals surface area contributed by atoms with Gasteiger partial charge in [0, 0.05) is 22.0 Å². The Balaban J connectivity index is 2.72. The standard InChI is InChI=1S/C13H17BrN2OS/c1-8-6-9(4-5-10(8)14)11(17)16-7-13(2,3)12(15)18/h4-6H,7H2,1-3H3,(H2,15,18)(H,16,17). The van der Waals surface area contributed by atoms with Crippen LogP contribution in [0.15, 0.2) is 22.7 Å². The number of thiocarbonyl (C=S) groups is 1. The monoisotopic (exact) mass is 328 g/mol. The first-order valence-corrected chi connectivity index (χ1v) is 6.78. The van der Waals surface area contributed by atoms with Crippen LogP contribution in [0, 0.1) is 12.3 Å². The van der Waals surface area contributed by atoms with Gasteiger partial charge in [-0.3, -0.25) is 4.79 Å². The lowest BCUT2D eigenvalue weighted by atomic mass is 9.93. The van der Waals surface area contributed by atoms with Crippen LogP contribution in [-0.4, -0.2) is 17.4 Å². The fraction of sp³-hybridized carbons (Fsp3) is 0.385. The predicted octanol–water partition coefficient (Wildman–Crippen LogP) is 2.80. The zero-order valence-corrected chi connectivity index (χ0v) is 13.1. The molecule has 0 aliphatic heterocycles. The number of carbonyl (C=O) groups excluding carboxylic acids is 1. The number of nitrogens with two attached hydrogens (primary N) is 1. The molecule has 0 aliphatic carbocycles. The fourth-order valence-electron chi connectivity index (χ4n) is 1.28. The molecule has 98 valence electrons. The molecule has 0 spiro atoms. The quantitative estimate of drug-likeness (QED) is 0.835. The summed E-state index contributed by atoms with van der Waals surface area (Å²) in [6.07, 6.45) is 0. The highest BCUT2D eigenvalue weighted by Gasteiger charge is 2.22. The molecular formula is C13H17BrN2OS. The summed E-state index contributed by atoms with van der Waals surface area (Å²) in [5, 5.41) is 2.85. The number of hydrogen-bond acceptors (Lipinski definition) is 2. The fourth-order valence-corrected chi connectivity index (χ4v) is 1.60. The van der Waals surface area contributed by atoms with E-state index in [1.807, 2.05) is 32.9 Å². The van der Waals surface area contributed by atoms with Gasteiger partial charge in [-0.05, 0) is 30.7 Å². The molecule has 3 N–H and O–H groups in total. The normalized spacial score (nSPS) is 11.1. The van der Waals surface area contributed by atoms with Crippen LogP contribution in [0.4, 0.5) is 0 Å². The first kappa shape index (κ1) is 15.1. The van der Waals surface area contributed by atoms with Crippen molar-refractivity contribution in [2.24, 2.45) is 11.1 Å². The molecule has 0 heterocycles. The summed E-state index contributed by atoms with van der Waals surface area (Å²) in [6.45, 7) is 6.18.